The summed E-state index contributed by atoms with van der Waals surface area (Å²) in [5.74, 6) is -3.68. The number of aromatic nitrogens is 1. The molecular formula is C33H36F6N6O6. The lowest BCUT2D eigenvalue weighted by Crippen LogP contribution is -2.59. The van der Waals surface area contributed by atoms with Crippen LogP contribution in [-0.2, 0) is 33.2 Å². The molecule has 276 valence electrons. The molecule has 2 aromatic carbocycles. The molecule has 0 spiro atoms. The fraction of sp³-hybridized carbons (Fsp3) is 0.394. The summed E-state index contributed by atoms with van der Waals surface area (Å²) < 4.78 is 81.2. The van der Waals surface area contributed by atoms with Crippen molar-refractivity contribution in [2.45, 2.75) is 24.8 Å². The summed E-state index contributed by atoms with van der Waals surface area (Å²) in [7, 11) is 2.00. The van der Waals surface area contributed by atoms with Crippen LogP contribution in [0.4, 0.5) is 26.3 Å². The van der Waals surface area contributed by atoms with Gasteiger partial charge in [0.2, 0.25) is 5.91 Å². The molecule has 0 bridgehead atoms. The van der Waals surface area contributed by atoms with Gasteiger partial charge in [-0.1, -0.05) is 18.2 Å². The normalized spacial score (nSPS) is 18.0. The van der Waals surface area contributed by atoms with E-state index in [1.54, 1.807) is 6.20 Å². The van der Waals surface area contributed by atoms with Gasteiger partial charge in [0.25, 0.3) is 5.91 Å². The smallest absolute Gasteiger partial charge is 0.416 e. The molecule has 3 aromatic rings. The van der Waals surface area contributed by atoms with Crippen LogP contribution >= 0.6 is 0 Å². The van der Waals surface area contributed by atoms with Crippen LogP contribution in [0.2, 0.25) is 0 Å². The number of hydrogen-bond acceptors (Lipinski definition) is 7. The van der Waals surface area contributed by atoms with Crippen molar-refractivity contribution in [1.29, 1.82) is 0 Å². The van der Waals surface area contributed by atoms with E-state index < -0.39 is 52.9 Å². The highest BCUT2D eigenvalue weighted by atomic mass is 19.4. The van der Waals surface area contributed by atoms with E-state index in [1.807, 2.05) is 41.2 Å². The Labute approximate surface area is 287 Å². The molecule has 3 heterocycles. The second kappa shape index (κ2) is 16.4. The summed E-state index contributed by atoms with van der Waals surface area (Å²) in [6, 6.07) is 7.79. The first-order valence-electron chi connectivity index (χ1n) is 15.7. The van der Waals surface area contributed by atoms with Crippen LogP contribution in [0.3, 0.4) is 0 Å². The van der Waals surface area contributed by atoms with Crippen LogP contribution < -0.4 is 5.43 Å². The van der Waals surface area contributed by atoms with Crippen LogP contribution in [0, 0.1) is 0 Å². The number of aliphatic carboxylic acids is 2. The maximum atomic E-state index is 13.7. The van der Waals surface area contributed by atoms with Gasteiger partial charge in [0.15, 0.2) is 0 Å². The molecule has 51 heavy (non-hydrogen) atoms. The Bertz CT molecular complexity index is 1700. The molecule has 12 nitrogen and oxygen atoms in total. The topological polar surface area (TPSA) is 150 Å². The number of piperazine rings is 2. The summed E-state index contributed by atoms with van der Waals surface area (Å²) in [6.07, 6.45) is -6.98. The van der Waals surface area contributed by atoms with E-state index in [2.05, 4.69) is 15.3 Å². The Hall–Kier alpha value is -4.94. The van der Waals surface area contributed by atoms with Crippen LogP contribution in [0.25, 0.3) is 10.9 Å². The maximum absolute atomic E-state index is 13.7. The molecule has 0 unspecified atom stereocenters. The number of likely N-dealkylation sites (N-methyl/N-ethyl adjacent to an activating group) is 1. The van der Waals surface area contributed by atoms with Gasteiger partial charge in [0.1, 0.15) is 0 Å². The van der Waals surface area contributed by atoms with Crippen molar-refractivity contribution in [3.05, 3.63) is 83.1 Å². The zero-order chi connectivity index (χ0) is 37.5. The minimum absolute atomic E-state index is 0.0110. The second-order valence-electron chi connectivity index (χ2n) is 12.1. The molecule has 18 heteroatoms. The summed E-state index contributed by atoms with van der Waals surface area (Å²) in [6.45, 7) is 3.42. The lowest BCUT2D eigenvalue weighted by Gasteiger charge is -2.42. The highest BCUT2D eigenvalue weighted by Crippen LogP contribution is 2.37. The molecule has 2 aliphatic heterocycles. The molecule has 0 aliphatic carbocycles. The number of para-hydroxylation sites is 1. The Kier molecular flexibility index (Phi) is 12.5. The number of carboxylic acids is 2. The molecule has 1 aromatic heterocycles. The lowest BCUT2D eigenvalue weighted by atomic mass is 9.98. The third kappa shape index (κ3) is 11.0. The Morgan fingerprint density at radius 2 is 1.45 bits per heavy atom. The van der Waals surface area contributed by atoms with E-state index in [1.165, 1.54) is 4.90 Å². The van der Waals surface area contributed by atoms with E-state index in [-0.39, 0.29) is 44.6 Å². The van der Waals surface area contributed by atoms with Gasteiger partial charge in [-0.2, -0.15) is 26.3 Å². The van der Waals surface area contributed by atoms with Gasteiger partial charge in [-0.05, 0) is 43.3 Å². The number of fused-ring (bicyclic) bond motifs is 1. The van der Waals surface area contributed by atoms with Crippen LogP contribution in [0.5, 0.6) is 0 Å². The van der Waals surface area contributed by atoms with Gasteiger partial charge in [-0.3, -0.25) is 19.9 Å². The van der Waals surface area contributed by atoms with Gasteiger partial charge in [0, 0.05) is 86.7 Å². The quantitative estimate of drug-likeness (QED) is 0.202. The number of H-pyrrole nitrogens is 1. The second-order valence-corrected chi connectivity index (χ2v) is 12.1. The molecule has 2 fully saturated rings. The van der Waals surface area contributed by atoms with E-state index in [9.17, 15) is 45.5 Å². The van der Waals surface area contributed by atoms with Crippen LogP contribution in [-0.4, -0.2) is 124 Å². The Morgan fingerprint density at radius 1 is 0.863 bits per heavy atom. The van der Waals surface area contributed by atoms with E-state index in [0.717, 1.165) is 29.6 Å². The standard InChI is InChI=1S/C29H32F6N6O2.C4H4O4/c1-38-6-9-40(10-7-38)37-26(42)18-39-8-11-41(23(17-39)14-20-16-36-25-5-3-2-4-24(20)25)27(43)19-12-21(28(30,31)32)15-22(13-19)29(33,34)35;5-3(6)1-2-4(7)8/h2-5,12-13,15-16,23,36H,6-11,14,17-18H2,1H3,(H,37,42);1-2H,(H,5,6)(H,7,8)/t23-;/m1./s1. The Morgan fingerprint density at radius 3 is 2.02 bits per heavy atom. The van der Waals surface area contributed by atoms with Gasteiger partial charge < -0.3 is 25.0 Å². The molecule has 5 rings (SSSR count). The number of aromatic amines is 1. The van der Waals surface area contributed by atoms with Crippen molar-refractivity contribution >= 4 is 34.7 Å². The molecule has 4 N–H and O–H groups in total. The fourth-order valence-corrected chi connectivity index (χ4v) is 5.78. The van der Waals surface area contributed by atoms with Gasteiger partial charge in [0.05, 0.1) is 17.7 Å². The third-order valence-electron chi connectivity index (χ3n) is 8.31. The van der Waals surface area contributed by atoms with E-state index >= 15 is 0 Å². The predicted octanol–water partition coefficient (Wildman–Crippen LogP) is 3.57. The number of benzene rings is 2. The van der Waals surface area contributed by atoms with E-state index in [0.29, 0.717) is 37.4 Å². The number of nitrogens with one attached hydrogen (secondary N) is 2. The molecule has 2 aliphatic rings. The first kappa shape index (κ1) is 38.9. The number of halogens is 6. The van der Waals surface area contributed by atoms with Gasteiger partial charge >= 0.3 is 24.3 Å². The van der Waals surface area contributed by atoms with E-state index in [4.69, 9.17) is 10.2 Å². The first-order chi connectivity index (χ1) is 23.9. The maximum Gasteiger partial charge on any atom is 0.416 e. The van der Waals surface area contributed by atoms with Crippen LogP contribution in [0.15, 0.2) is 60.8 Å². The molecule has 1 atom stereocenters. The summed E-state index contributed by atoms with van der Waals surface area (Å²) >= 11 is 0. The number of hydrogen-bond donors (Lipinski definition) is 4. The molecular weight excluding hydrogens is 690 g/mol. The van der Waals surface area contributed by atoms with Crippen molar-refractivity contribution in [1.82, 2.24) is 30.1 Å². The summed E-state index contributed by atoms with van der Waals surface area (Å²) in [5.41, 5.74) is 0.809. The number of nitrogens with zero attached hydrogens (tertiary/aromatic N) is 4. The Balaban J connectivity index is 0.000000652. The number of carbonyl (C=O) groups excluding carboxylic acids is 2. The van der Waals surface area contributed by atoms with Crippen molar-refractivity contribution in [3.63, 3.8) is 0 Å². The molecule has 0 radical (unpaired) electrons. The zero-order valence-electron chi connectivity index (χ0n) is 27.3. The lowest BCUT2D eigenvalue weighted by molar-refractivity contribution is -0.143. The summed E-state index contributed by atoms with van der Waals surface area (Å²) in [4.78, 5) is 54.1. The first-order valence-corrected chi connectivity index (χ1v) is 15.7. The molecule has 0 saturated carbocycles. The number of carbonyl (C=O) groups is 4. The third-order valence-corrected chi connectivity index (χ3v) is 8.31. The minimum Gasteiger partial charge on any atom is -0.478 e. The monoisotopic (exact) mass is 726 g/mol. The number of amides is 2. The highest BCUT2D eigenvalue weighted by molar-refractivity contribution is 5.95. The van der Waals surface area contributed by atoms with Crippen molar-refractivity contribution in [3.8, 4) is 0 Å². The van der Waals surface area contributed by atoms with Crippen molar-refractivity contribution in [2.24, 2.45) is 0 Å². The predicted molar refractivity (Wildman–Crippen MR) is 171 cm³/mol. The van der Waals surface area contributed by atoms with Crippen LogP contribution in [0.1, 0.15) is 27.0 Å². The minimum atomic E-state index is -5.07. The SMILES string of the molecule is CN1CCN(NC(=O)CN2CCN(C(=O)c3cc(C(F)(F)F)cc(C(F)(F)F)c3)[C@H](Cc3c[nH]c4ccccc34)C2)CC1.O=C(O)C=CC(=O)O. The highest BCUT2D eigenvalue weighted by Gasteiger charge is 2.39. The average Bonchev–Trinajstić information content (AvgIpc) is 3.46. The number of hydrazine groups is 1. The molecule has 2 saturated heterocycles. The summed E-state index contributed by atoms with van der Waals surface area (Å²) in [5, 5.41) is 18.4. The fourth-order valence-electron chi connectivity index (χ4n) is 5.78. The van der Waals surface area contributed by atoms with Crippen molar-refractivity contribution < 1.29 is 55.7 Å². The zero-order valence-corrected chi connectivity index (χ0v) is 27.3. The number of alkyl halides is 6. The average molecular weight is 727 g/mol. The molecule has 2 amide bonds. The largest absolute Gasteiger partial charge is 0.478 e. The van der Waals surface area contributed by atoms with Gasteiger partial charge in [-0.25, -0.2) is 14.6 Å². The van der Waals surface area contributed by atoms with Gasteiger partial charge in [-0.15, -0.1) is 0 Å². The van der Waals surface area contributed by atoms with Crippen molar-refractivity contribution in [2.75, 3.05) is 59.4 Å². The number of rotatable bonds is 8. The number of carboxylic acid groups (broad SMARTS) is 2.